The minimum Gasteiger partial charge on any atom is -0.481 e. The van der Waals surface area contributed by atoms with Crippen molar-refractivity contribution in [3.8, 4) is 0 Å². The summed E-state index contributed by atoms with van der Waals surface area (Å²) >= 11 is 5.75. The van der Waals surface area contributed by atoms with Crippen molar-refractivity contribution >= 4 is 17.6 Å². The predicted octanol–water partition coefficient (Wildman–Crippen LogP) is 2.60. The molecule has 1 fully saturated rings. The Morgan fingerprint density at radius 2 is 2.07 bits per heavy atom. The molecule has 3 heteroatoms. The molecule has 2 rings (SSSR count). The van der Waals surface area contributed by atoms with Gasteiger partial charge in [0.2, 0.25) is 0 Å². The average Bonchev–Trinajstić information content (AvgIpc) is 2.88. The van der Waals surface area contributed by atoms with Gasteiger partial charge in [-0.25, -0.2) is 0 Å². The molecule has 0 aromatic heterocycles. The van der Waals surface area contributed by atoms with Gasteiger partial charge in [-0.15, -0.1) is 0 Å². The average molecular weight is 211 g/mol. The Hall–Kier alpha value is -1.02. The van der Waals surface area contributed by atoms with Crippen molar-refractivity contribution in [1.29, 1.82) is 0 Å². The number of aliphatic carboxylic acids is 1. The van der Waals surface area contributed by atoms with Gasteiger partial charge in [-0.1, -0.05) is 23.7 Å². The van der Waals surface area contributed by atoms with Crippen LogP contribution in [0.1, 0.15) is 12.0 Å². The van der Waals surface area contributed by atoms with E-state index in [1.54, 1.807) is 0 Å². The van der Waals surface area contributed by atoms with Crippen molar-refractivity contribution in [3.63, 3.8) is 0 Å². The summed E-state index contributed by atoms with van der Waals surface area (Å²) in [7, 11) is 0. The second kappa shape index (κ2) is 3.62. The lowest BCUT2D eigenvalue weighted by Crippen LogP contribution is -2.00. The molecule has 1 aliphatic carbocycles. The van der Waals surface area contributed by atoms with Crippen molar-refractivity contribution in [3.05, 3.63) is 34.9 Å². The molecule has 1 aliphatic rings. The Morgan fingerprint density at radius 3 is 2.57 bits per heavy atom. The fourth-order valence-corrected chi connectivity index (χ4v) is 1.82. The van der Waals surface area contributed by atoms with E-state index in [2.05, 4.69) is 0 Å². The van der Waals surface area contributed by atoms with Crippen molar-refractivity contribution in [1.82, 2.24) is 0 Å². The molecule has 0 aliphatic heterocycles. The number of carbonyl (C=O) groups is 1. The van der Waals surface area contributed by atoms with Gasteiger partial charge >= 0.3 is 5.97 Å². The summed E-state index contributed by atoms with van der Waals surface area (Å²) in [4.78, 5) is 10.6. The van der Waals surface area contributed by atoms with Crippen molar-refractivity contribution in [2.75, 3.05) is 0 Å². The van der Waals surface area contributed by atoms with Crippen LogP contribution in [0.15, 0.2) is 24.3 Å². The van der Waals surface area contributed by atoms with Gasteiger partial charge in [-0.2, -0.15) is 0 Å². The van der Waals surface area contributed by atoms with Gasteiger partial charge < -0.3 is 5.11 Å². The number of carboxylic acid groups (broad SMARTS) is 1. The van der Waals surface area contributed by atoms with Crippen LogP contribution in [0.2, 0.25) is 5.02 Å². The number of hydrogen-bond donors (Lipinski definition) is 1. The van der Waals surface area contributed by atoms with Gasteiger partial charge in [0.05, 0.1) is 5.92 Å². The molecule has 1 aromatic carbocycles. The zero-order valence-corrected chi connectivity index (χ0v) is 8.37. The molecule has 0 saturated heterocycles. The van der Waals surface area contributed by atoms with Crippen LogP contribution in [0, 0.1) is 11.8 Å². The summed E-state index contributed by atoms with van der Waals surface area (Å²) in [6, 6.07) is 7.60. The molecule has 74 valence electrons. The molecule has 2 atom stereocenters. The van der Waals surface area contributed by atoms with Gasteiger partial charge in [0, 0.05) is 5.02 Å². The topological polar surface area (TPSA) is 37.3 Å². The Balaban J connectivity index is 1.94. The molecule has 0 bridgehead atoms. The molecule has 0 spiro atoms. The van der Waals surface area contributed by atoms with E-state index in [4.69, 9.17) is 16.7 Å². The van der Waals surface area contributed by atoms with Crippen LogP contribution in [0.4, 0.5) is 0 Å². The first-order chi connectivity index (χ1) is 6.66. The van der Waals surface area contributed by atoms with Crippen LogP contribution in [0.25, 0.3) is 0 Å². The molecule has 0 unspecified atom stereocenters. The summed E-state index contributed by atoms with van der Waals surface area (Å²) in [6.07, 6.45) is 1.67. The Labute approximate surface area is 87.5 Å². The normalized spacial score (nSPS) is 24.6. The van der Waals surface area contributed by atoms with E-state index in [9.17, 15) is 4.79 Å². The Bertz CT molecular complexity index is 345. The van der Waals surface area contributed by atoms with Gasteiger partial charge in [-0.3, -0.25) is 4.79 Å². The van der Waals surface area contributed by atoms with Crippen molar-refractivity contribution < 1.29 is 9.90 Å². The fourth-order valence-electron chi connectivity index (χ4n) is 1.70. The van der Waals surface area contributed by atoms with E-state index >= 15 is 0 Å². The number of halogens is 1. The summed E-state index contributed by atoms with van der Waals surface area (Å²) < 4.78 is 0. The summed E-state index contributed by atoms with van der Waals surface area (Å²) in [5.74, 6) is -0.455. The van der Waals surface area contributed by atoms with Gasteiger partial charge in [0.1, 0.15) is 0 Å². The predicted molar refractivity (Wildman–Crippen MR) is 54.4 cm³/mol. The first-order valence-corrected chi connectivity index (χ1v) is 5.02. The minimum absolute atomic E-state index is 0.120. The lowest BCUT2D eigenvalue weighted by molar-refractivity contribution is -0.138. The monoisotopic (exact) mass is 210 g/mol. The molecular formula is C11H11ClO2. The molecule has 0 radical (unpaired) electrons. The second-order valence-corrected chi connectivity index (χ2v) is 4.21. The Morgan fingerprint density at radius 1 is 1.43 bits per heavy atom. The van der Waals surface area contributed by atoms with Crippen LogP contribution in [0.5, 0.6) is 0 Å². The van der Waals surface area contributed by atoms with E-state index < -0.39 is 5.97 Å². The summed E-state index contributed by atoms with van der Waals surface area (Å²) in [5.41, 5.74) is 1.17. The number of carboxylic acids is 1. The maximum atomic E-state index is 10.6. The fraction of sp³-hybridized carbons (Fsp3) is 0.364. The highest BCUT2D eigenvalue weighted by atomic mass is 35.5. The highest BCUT2D eigenvalue weighted by molar-refractivity contribution is 6.30. The first-order valence-electron chi connectivity index (χ1n) is 4.64. The van der Waals surface area contributed by atoms with E-state index in [1.807, 2.05) is 24.3 Å². The van der Waals surface area contributed by atoms with Crippen molar-refractivity contribution in [2.24, 2.45) is 11.8 Å². The molecule has 2 nitrogen and oxygen atoms in total. The highest BCUT2D eigenvalue weighted by Gasteiger charge is 2.42. The SMILES string of the molecule is O=C(O)[C@@H]1C[C@H]1Cc1ccc(Cl)cc1. The van der Waals surface area contributed by atoms with Gasteiger partial charge in [0.25, 0.3) is 0 Å². The molecule has 1 N–H and O–H groups in total. The van der Waals surface area contributed by atoms with E-state index in [-0.39, 0.29) is 5.92 Å². The van der Waals surface area contributed by atoms with E-state index in [0.717, 1.165) is 17.9 Å². The van der Waals surface area contributed by atoms with Crippen LogP contribution in [0.3, 0.4) is 0 Å². The van der Waals surface area contributed by atoms with E-state index in [0.29, 0.717) is 5.92 Å². The third kappa shape index (κ3) is 2.07. The Kier molecular flexibility index (Phi) is 2.46. The molecule has 1 saturated carbocycles. The zero-order chi connectivity index (χ0) is 10.1. The maximum Gasteiger partial charge on any atom is 0.306 e. The number of hydrogen-bond acceptors (Lipinski definition) is 1. The lowest BCUT2D eigenvalue weighted by atomic mass is 10.1. The molecule has 1 aromatic rings. The largest absolute Gasteiger partial charge is 0.481 e. The van der Waals surface area contributed by atoms with Crippen LogP contribution < -0.4 is 0 Å². The minimum atomic E-state index is -0.663. The standard InChI is InChI=1S/C11H11ClO2/c12-9-3-1-7(2-4-9)5-8-6-10(8)11(13)14/h1-4,8,10H,5-6H2,(H,13,14)/t8-,10-/m1/s1. The van der Waals surface area contributed by atoms with Crippen molar-refractivity contribution in [2.45, 2.75) is 12.8 Å². The zero-order valence-electron chi connectivity index (χ0n) is 7.61. The molecule has 0 heterocycles. The second-order valence-electron chi connectivity index (χ2n) is 3.77. The molecule has 0 amide bonds. The lowest BCUT2D eigenvalue weighted by Gasteiger charge is -1.99. The quantitative estimate of drug-likeness (QED) is 0.833. The van der Waals surface area contributed by atoms with Gasteiger partial charge in [0.15, 0.2) is 0 Å². The van der Waals surface area contributed by atoms with E-state index in [1.165, 1.54) is 5.56 Å². The third-order valence-electron chi connectivity index (χ3n) is 2.65. The van der Waals surface area contributed by atoms with Crippen LogP contribution in [-0.2, 0) is 11.2 Å². The molecular weight excluding hydrogens is 200 g/mol. The van der Waals surface area contributed by atoms with Crippen LogP contribution in [-0.4, -0.2) is 11.1 Å². The first kappa shape index (κ1) is 9.53. The number of benzene rings is 1. The number of rotatable bonds is 3. The van der Waals surface area contributed by atoms with Crippen LogP contribution >= 0.6 is 11.6 Å². The highest BCUT2D eigenvalue weighted by Crippen LogP contribution is 2.41. The maximum absolute atomic E-state index is 10.6. The summed E-state index contributed by atoms with van der Waals surface area (Å²) in [5, 5.41) is 9.45. The third-order valence-corrected chi connectivity index (χ3v) is 2.90. The smallest absolute Gasteiger partial charge is 0.306 e. The molecule has 14 heavy (non-hydrogen) atoms. The summed E-state index contributed by atoms with van der Waals surface area (Å²) in [6.45, 7) is 0. The van der Waals surface area contributed by atoms with Gasteiger partial charge in [-0.05, 0) is 36.5 Å².